The summed E-state index contributed by atoms with van der Waals surface area (Å²) in [6.45, 7) is 5.84. The minimum atomic E-state index is 0.655. The van der Waals surface area contributed by atoms with E-state index in [1.807, 2.05) is 0 Å². The second-order valence-electron chi connectivity index (χ2n) is 6.58. The van der Waals surface area contributed by atoms with Crippen LogP contribution in [-0.2, 0) is 6.54 Å². The first-order valence-electron chi connectivity index (χ1n) is 7.91. The Bertz CT molecular complexity index is 444. The van der Waals surface area contributed by atoms with E-state index in [0.29, 0.717) is 5.92 Å². The Balaban J connectivity index is 1.69. The van der Waals surface area contributed by atoms with E-state index in [0.717, 1.165) is 19.1 Å². The van der Waals surface area contributed by atoms with Gasteiger partial charge in [-0.15, -0.1) is 0 Å². The smallest absolute Gasteiger partial charge is 0.0223 e. The Labute approximate surface area is 123 Å². The summed E-state index contributed by atoms with van der Waals surface area (Å²) in [6.07, 6.45) is 2.72. The molecular formula is C17H27N3. The van der Waals surface area contributed by atoms with Gasteiger partial charge in [0.25, 0.3) is 0 Å². The molecule has 2 atom stereocenters. The highest BCUT2D eigenvalue weighted by Gasteiger charge is 2.29. The normalized spacial score (nSPS) is 26.9. The third-order valence-electron chi connectivity index (χ3n) is 4.73. The fraction of sp³-hybridized carbons (Fsp3) is 0.647. The Hall–Kier alpha value is -0.900. The summed E-state index contributed by atoms with van der Waals surface area (Å²) in [4.78, 5) is 5.05. The van der Waals surface area contributed by atoms with Crippen LogP contribution in [0.2, 0.25) is 0 Å². The molecule has 2 aliphatic rings. The van der Waals surface area contributed by atoms with E-state index in [9.17, 15) is 0 Å². The van der Waals surface area contributed by atoms with Gasteiger partial charge in [0.2, 0.25) is 0 Å². The molecule has 0 aliphatic carbocycles. The van der Waals surface area contributed by atoms with Gasteiger partial charge in [0.1, 0.15) is 0 Å². The van der Waals surface area contributed by atoms with Crippen LogP contribution in [0.1, 0.15) is 29.9 Å². The first-order chi connectivity index (χ1) is 9.74. The van der Waals surface area contributed by atoms with Gasteiger partial charge >= 0.3 is 0 Å². The number of likely N-dealkylation sites (N-methyl/N-ethyl adjacent to an activating group) is 1. The average molecular weight is 273 g/mol. The maximum absolute atomic E-state index is 3.58. The number of nitrogens with one attached hydrogen (secondary N) is 1. The van der Waals surface area contributed by atoms with Crippen LogP contribution in [0.4, 0.5) is 0 Å². The van der Waals surface area contributed by atoms with Crippen molar-refractivity contribution in [1.82, 2.24) is 15.1 Å². The first-order valence-corrected chi connectivity index (χ1v) is 7.91. The predicted octanol–water partition coefficient (Wildman–Crippen LogP) is 1.90. The number of fused-ring (bicyclic) bond motifs is 1. The molecule has 110 valence electrons. The van der Waals surface area contributed by atoms with Gasteiger partial charge in [0, 0.05) is 38.1 Å². The summed E-state index contributed by atoms with van der Waals surface area (Å²) >= 11 is 0. The molecule has 1 fully saturated rings. The van der Waals surface area contributed by atoms with Crippen molar-refractivity contribution in [1.29, 1.82) is 0 Å². The number of rotatable bonds is 4. The van der Waals surface area contributed by atoms with Crippen LogP contribution in [0.25, 0.3) is 0 Å². The van der Waals surface area contributed by atoms with Crippen molar-refractivity contribution in [3.63, 3.8) is 0 Å². The third kappa shape index (κ3) is 3.05. The topological polar surface area (TPSA) is 18.5 Å². The molecule has 1 N–H and O–H groups in total. The Morgan fingerprint density at radius 3 is 3.00 bits per heavy atom. The van der Waals surface area contributed by atoms with Crippen LogP contribution in [0.3, 0.4) is 0 Å². The maximum atomic E-state index is 3.58. The molecular weight excluding hydrogens is 246 g/mol. The quantitative estimate of drug-likeness (QED) is 0.904. The van der Waals surface area contributed by atoms with Gasteiger partial charge < -0.3 is 10.2 Å². The SMILES string of the molecule is CN(C)CC1CCCN1CC1CNCc2ccccc21. The van der Waals surface area contributed by atoms with E-state index in [2.05, 4.69) is 53.5 Å². The largest absolute Gasteiger partial charge is 0.312 e. The van der Waals surface area contributed by atoms with Gasteiger partial charge in [-0.25, -0.2) is 0 Å². The maximum Gasteiger partial charge on any atom is 0.0223 e. The van der Waals surface area contributed by atoms with E-state index in [-0.39, 0.29) is 0 Å². The van der Waals surface area contributed by atoms with Gasteiger partial charge in [0.05, 0.1) is 0 Å². The first kappa shape index (κ1) is 14.1. The predicted molar refractivity (Wildman–Crippen MR) is 84.0 cm³/mol. The molecule has 2 heterocycles. The number of hydrogen-bond acceptors (Lipinski definition) is 3. The van der Waals surface area contributed by atoms with Crippen LogP contribution < -0.4 is 5.32 Å². The molecule has 0 spiro atoms. The van der Waals surface area contributed by atoms with Gasteiger partial charge in [-0.05, 0) is 44.6 Å². The molecule has 3 rings (SSSR count). The molecule has 0 amide bonds. The van der Waals surface area contributed by atoms with Gasteiger partial charge in [-0.3, -0.25) is 4.90 Å². The zero-order valence-corrected chi connectivity index (χ0v) is 12.8. The standard InChI is InChI=1S/C17H27N3/c1-19(2)13-16-7-5-9-20(16)12-15-11-18-10-14-6-3-4-8-17(14)15/h3-4,6,8,15-16,18H,5,7,9-13H2,1-2H3. The summed E-state index contributed by atoms with van der Waals surface area (Å²) in [5.41, 5.74) is 3.06. The van der Waals surface area contributed by atoms with Crippen molar-refractivity contribution in [2.75, 3.05) is 40.3 Å². The van der Waals surface area contributed by atoms with Crippen LogP contribution >= 0.6 is 0 Å². The molecule has 2 aliphatic heterocycles. The fourth-order valence-corrected chi connectivity index (χ4v) is 3.79. The average Bonchev–Trinajstić information content (AvgIpc) is 2.86. The summed E-state index contributed by atoms with van der Waals surface area (Å²) < 4.78 is 0. The van der Waals surface area contributed by atoms with Crippen molar-refractivity contribution in [2.24, 2.45) is 0 Å². The van der Waals surface area contributed by atoms with Crippen LogP contribution in [0.15, 0.2) is 24.3 Å². The molecule has 1 aromatic carbocycles. The lowest BCUT2D eigenvalue weighted by Crippen LogP contribution is -2.42. The van der Waals surface area contributed by atoms with Crippen molar-refractivity contribution >= 4 is 0 Å². The number of nitrogens with zero attached hydrogens (tertiary/aromatic N) is 2. The summed E-state index contributed by atoms with van der Waals surface area (Å²) in [5.74, 6) is 0.655. The van der Waals surface area contributed by atoms with E-state index in [4.69, 9.17) is 0 Å². The summed E-state index contributed by atoms with van der Waals surface area (Å²) in [5, 5.41) is 3.58. The molecule has 0 aromatic heterocycles. The summed E-state index contributed by atoms with van der Waals surface area (Å²) in [7, 11) is 4.38. The van der Waals surface area contributed by atoms with Crippen molar-refractivity contribution in [2.45, 2.75) is 31.3 Å². The van der Waals surface area contributed by atoms with Gasteiger partial charge in [-0.1, -0.05) is 24.3 Å². The lowest BCUT2D eigenvalue weighted by molar-refractivity contribution is 0.194. The van der Waals surface area contributed by atoms with E-state index < -0.39 is 0 Å². The Morgan fingerprint density at radius 2 is 2.15 bits per heavy atom. The van der Waals surface area contributed by atoms with Crippen LogP contribution in [0, 0.1) is 0 Å². The molecule has 1 aromatic rings. The van der Waals surface area contributed by atoms with Gasteiger partial charge in [0.15, 0.2) is 0 Å². The van der Waals surface area contributed by atoms with E-state index >= 15 is 0 Å². The van der Waals surface area contributed by atoms with E-state index in [1.165, 1.54) is 38.0 Å². The third-order valence-corrected chi connectivity index (χ3v) is 4.73. The van der Waals surface area contributed by atoms with E-state index in [1.54, 1.807) is 5.56 Å². The Kier molecular flexibility index (Phi) is 4.39. The highest BCUT2D eigenvalue weighted by atomic mass is 15.2. The molecule has 0 radical (unpaired) electrons. The minimum absolute atomic E-state index is 0.655. The zero-order chi connectivity index (χ0) is 13.9. The Morgan fingerprint density at radius 1 is 1.30 bits per heavy atom. The zero-order valence-electron chi connectivity index (χ0n) is 12.8. The molecule has 3 heteroatoms. The second kappa shape index (κ2) is 6.25. The number of likely N-dealkylation sites (tertiary alicyclic amines) is 1. The minimum Gasteiger partial charge on any atom is -0.312 e. The highest BCUT2D eigenvalue weighted by molar-refractivity contribution is 5.33. The number of hydrogen-bond donors (Lipinski definition) is 1. The van der Waals surface area contributed by atoms with Crippen molar-refractivity contribution < 1.29 is 0 Å². The second-order valence-corrected chi connectivity index (χ2v) is 6.58. The molecule has 0 saturated carbocycles. The molecule has 1 saturated heterocycles. The molecule has 3 nitrogen and oxygen atoms in total. The number of benzene rings is 1. The fourth-order valence-electron chi connectivity index (χ4n) is 3.79. The molecule has 0 bridgehead atoms. The van der Waals surface area contributed by atoms with Crippen LogP contribution in [-0.4, -0.2) is 56.1 Å². The lowest BCUT2D eigenvalue weighted by atomic mass is 9.90. The molecule has 2 unspecified atom stereocenters. The monoisotopic (exact) mass is 273 g/mol. The van der Waals surface area contributed by atoms with Crippen molar-refractivity contribution in [3.05, 3.63) is 35.4 Å². The molecule has 20 heavy (non-hydrogen) atoms. The van der Waals surface area contributed by atoms with Gasteiger partial charge in [-0.2, -0.15) is 0 Å². The van der Waals surface area contributed by atoms with Crippen LogP contribution in [0.5, 0.6) is 0 Å². The van der Waals surface area contributed by atoms with Crippen molar-refractivity contribution in [3.8, 4) is 0 Å². The lowest BCUT2D eigenvalue weighted by Gasteiger charge is -2.33. The summed E-state index contributed by atoms with van der Waals surface area (Å²) in [6, 6.07) is 9.71. The highest BCUT2D eigenvalue weighted by Crippen LogP contribution is 2.27.